The zero-order valence-electron chi connectivity index (χ0n) is 8.84. The normalized spacial score (nSPS) is 10.8. The SMILES string of the molecule is Fc1ccc(Br)c(F)c1CNCc1ccoc1. The molecule has 0 fully saturated rings. The molecule has 90 valence electrons. The van der Waals surface area contributed by atoms with E-state index < -0.39 is 11.6 Å². The van der Waals surface area contributed by atoms with E-state index in [1.165, 1.54) is 12.1 Å². The highest BCUT2D eigenvalue weighted by Gasteiger charge is 2.11. The van der Waals surface area contributed by atoms with Gasteiger partial charge in [0.05, 0.1) is 17.0 Å². The summed E-state index contributed by atoms with van der Waals surface area (Å²) in [5.41, 5.74) is 0.962. The quantitative estimate of drug-likeness (QED) is 0.873. The average Bonchev–Trinajstić information content (AvgIpc) is 2.81. The molecular formula is C12H10BrF2NO. The van der Waals surface area contributed by atoms with Gasteiger partial charge in [-0.2, -0.15) is 0 Å². The van der Waals surface area contributed by atoms with Crippen molar-refractivity contribution in [2.24, 2.45) is 0 Å². The maximum atomic E-state index is 13.6. The van der Waals surface area contributed by atoms with Crippen molar-refractivity contribution in [3.05, 3.63) is 58.0 Å². The Bertz CT molecular complexity index is 499. The number of halogens is 3. The van der Waals surface area contributed by atoms with Gasteiger partial charge in [0.1, 0.15) is 11.6 Å². The lowest BCUT2D eigenvalue weighted by atomic mass is 10.2. The summed E-state index contributed by atoms with van der Waals surface area (Å²) < 4.78 is 32.1. The zero-order valence-corrected chi connectivity index (χ0v) is 10.4. The fraction of sp³-hybridized carbons (Fsp3) is 0.167. The van der Waals surface area contributed by atoms with Crippen LogP contribution < -0.4 is 5.32 Å². The summed E-state index contributed by atoms with van der Waals surface area (Å²) in [5.74, 6) is -1.12. The van der Waals surface area contributed by atoms with Gasteiger partial charge >= 0.3 is 0 Å². The van der Waals surface area contributed by atoms with Gasteiger partial charge in [-0.15, -0.1) is 0 Å². The summed E-state index contributed by atoms with van der Waals surface area (Å²) in [4.78, 5) is 0. The fourth-order valence-electron chi connectivity index (χ4n) is 1.46. The molecule has 2 nitrogen and oxygen atoms in total. The number of hydrogen-bond acceptors (Lipinski definition) is 2. The minimum absolute atomic E-state index is 0.0304. The maximum Gasteiger partial charge on any atom is 0.144 e. The minimum atomic E-state index is -0.565. The van der Waals surface area contributed by atoms with E-state index in [4.69, 9.17) is 4.42 Å². The van der Waals surface area contributed by atoms with E-state index in [2.05, 4.69) is 21.2 Å². The first-order valence-electron chi connectivity index (χ1n) is 5.02. The number of nitrogens with one attached hydrogen (secondary N) is 1. The lowest BCUT2D eigenvalue weighted by Crippen LogP contribution is -2.14. The van der Waals surface area contributed by atoms with E-state index in [-0.39, 0.29) is 16.6 Å². The average molecular weight is 302 g/mol. The van der Waals surface area contributed by atoms with Crippen molar-refractivity contribution in [1.82, 2.24) is 5.32 Å². The molecule has 0 aliphatic rings. The third kappa shape index (κ3) is 2.92. The number of hydrogen-bond donors (Lipinski definition) is 1. The van der Waals surface area contributed by atoms with Crippen LogP contribution in [0.1, 0.15) is 11.1 Å². The van der Waals surface area contributed by atoms with E-state index in [9.17, 15) is 8.78 Å². The molecule has 0 spiro atoms. The van der Waals surface area contributed by atoms with Crippen LogP contribution in [0.5, 0.6) is 0 Å². The molecule has 1 N–H and O–H groups in total. The molecule has 1 heterocycles. The van der Waals surface area contributed by atoms with Crippen molar-refractivity contribution in [1.29, 1.82) is 0 Å². The fourth-order valence-corrected chi connectivity index (χ4v) is 1.83. The Balaban J connectivity index is 2.01. The molecule has 0 saturated carbocycles. The van der Waals surface area contributed by atoms with Crippen molar-refractivity contribution < 1.29 is 13.2 Å². The zero-order chi connectivity index (χ0) is 12.3. The molecule has 0 unspecified atom stereocenters. The van der Waals surface area contributed by atoms with E-state index in [0.29, 0.717) is 6.54 Å². The highest BCUT2D eigenvalue weighted by molar-refractivity contribution is 9.10. The van der Waals surface area contributed by atoms with Crippen molar-refractivity contribution in [3.8, 4) is 0 Å². The van der Waals surface area contributed by atoms with Crippen molar-refractivity contribution in [3.63, 3.8) is 0 Å². The topological polar surface area (TPSA) is 25.2 Å². The molecule has 5 heteroatoms. The van der Waals surface area contributed by atoms with Crippen LogP contribution in [0.4, 0.5) is 8.78 Å². The second-order valence-electron chi connectivity index (χ2n) is 3.56. The standard InChI is InChI=1S/C12H10BrF2NO/c13-10-1-2-11(14)9(12(10)15)6-16-5-8-3-4-17-7-8/h1-4,7,16H,5-6H2. The molecule has 0 aliphatic heterocycles. The third-order valence-corrected chi connectivity index (χ3v) is 2.96. The molecule has 0 bridgehead atoms. The second kappa shape index (κ2) is 5.42. The minimum Gasteiger partial charge on any atom is -0.472 e. The van der Waals surface area contributed by atoms with Crippen LogP contribution in [0.2, 0.25) is 0 Å². The molecule has 2 aromatic rings. The lowest BCUT2D eigenvalue weighted by molar-refractivity contribution is 0.529. The van der Waals surface area contributed by atoms with Gasteiger partial charge in [-0.25, -0.2) is 8.78 Å². The van der Waals surface area contributed by atoms with Gasteiger partial charge in [0, 0.05) is 24.2 Å². The van der Waals surface area contributed by atoms with Gasteiger partial charge in [-0.1, -0.05) is 0 Å². The van der Waals surface area contributed by atoms with Crippen molar-refractivity contribution >= 4 is 15.9 Å². The molecule has 1 aromatic heterocycles. The number of benzene rings is 1. The van der Waals surface area contributed by atoms with Crippen LogP contribution in [-0.4, -0.2) is 0 Å². The van der Waals surface area contributed by atoms with Gasteiger partial charge in [-0.05, 0) is 34.1 Å². The van der Waals surface area contributed by atoms with Gasteiger partial charge in [0.15, 0.2) is 0 Å². The molecule has 0 saturated heterocycles. The Morgan fingerprint density at radius 1 is 1.18 bits per heavy atom. The highest BCUT2D eigenvalue weighted by atomic mass is 79.9. The summed E-state index contributed by atoms with van der Waals surface area (Å²) in [6.45, 7) is 0.629. The highest BCUT2D eigenvalue weighted by Crippen LogP contribution is 2.21. The van der Waals surface area contributed by atoms with Crippen LogP contribution in [0.25, 0.3) is 0 Å². The first kappa shape index (κ1) is 12.3. The molecule has 2 rings (SSSR count). The van der Waals surface area contributed by atoms with E-state index >= 15 is 0 Å². The molecular weight excluding hydrogens is 292 g/mol. The molecule has 17 heavy (non-hydrogen) atoms. The Kier molecular flexibility index (Phi) is 3.91. The summed E-state index contributed by atoms with van der Waals surface area (Å²) in [6.07, 6.45) is 3.14. The predicted octanol–water partition coefficient (Wildman–Crippen LogP) is 3.61. The monoisotopic (exact) mass is 301 g/mol. The van der Waals surface area contributed by atoms with Gasteiger partial charge in [0.25, 0.3) is 0 Å². The van der Waals surface area contributed by atoms with Crippen LogP contribution >= 0.6 is 15.9 Å². The molecule has 1 aromatic carbocycles. The summed E-state index contributed by atoms with van der Waals surface area (Å²) in [5, 5.41) is 2.95. The summed E-state index contributed by atoms with van der Waals surface area (Å²) >= 11 is 3.03. The van der Waals surface area contributed by atoms with Crippen LogP contribution in [0.15, 0.2) is 39.6 Å². The molecule has 0 amide bonds. The first-order valence-corrected chi connectivity index (χ1v) is 5.82. The van der Waals surface area contributed by atoms with Crippen LogP contribution in [0, 0.1) is 11.6 Å². The Morgan fingerprint density at radius 3 is 2.71 bits per heavy atom. The largest absolute Gasteiger partial charge is 0.472 e. The van der Waals surface area contributed by atoms with E-state index in [1.54, 1.807) is 18.6 Å². The Hall–Kier alpha value is -1.20. The van der Waals surface area contributed by atoms with Crippen molar-refractivity contribution in [2.75, 3.05) is 0 Å². The lowest BCUT2D eigenvalue weighted by Gasteiger charge is -2.07. The maximum absolute atomic E-state index is 13.6. The Morgan fingerprint density at radius 2 is 2.00 bits per heavy atom. The first-order chi connectivity index (χ1) is 8.18. The summed E-state index contributed by atoms with van der Waals surface area (Å²) in [6, 6.07) is 4.38. The van der Waals surface area contributed by atoms with Gasteiger partial charge in [0.2, 0.25) is 0 Å². The second-order valence-corrected chi connectivity index (χ2v) is 4.41. The van der Waals surface area contributed by atoms with Gasteiger partial charge in [-0.3, -0.25) is 0 Å². The molecule has 0 aliphatic carbocycles. The Labute approximate surface area is 106 Å². The van der Waals surface area contributed by atoms with Crippen LogP contribution in [-0.2, 0) is 13.1 Å². The van der Waals surface area contributed by atoms with Crippen molar-refractivity contribution in [2.45, 2.75) is 13.1 Å². The van der Waals surface area contributed by atoms with E-state index in [0.717, 1.165) is 5.56 Å². The number of furan rings is 1. The predicted molar refractivity (Wildman–Crippen MR) is 63.3 cm³/mol. The molecule has 0 atom stereocenters. The van der Waals surface area contributed by atoms with E-state index in [1.807, 2.05) is 0 Å². The number of rotatable bonds is 4. The summed E-state index contributed by atoms with van der Waals surface area (Å²) in [7, 11) is 0. The smallest absolute Gasteiger partial charge is 0.144 e. The van der Waals surface area contributed by atoms with Gasteiger partial charge < -0.3 is 9.73 Å². The molecule has 0 radical (unpaired) electrons. The van der Waals surface area contributed by atoms with Crippen LogP contribution in [0.3, 0.4) is 0 Å². The third-order valence-electron chi connectivity index (χ3n) is 2.35.